The van der Waals surface area contributed by atoms with Gasteiger partial charge in [0, 0.05) is 12.7 Å². The van der Waals surface area contributed by atoms with Crippen LogP contribution in [0.2, 0.25) is 0 Å². The maximum absolute atomic E-state index is 5.13. The number of hydrogen-bond donors (Lipinski definition) is 1. The predicted molar refractivity (Wildman–Crippen MR) is 62.1 cm³/mol. The molecule has 2 rings (SSSR count). The quantitative estimate of drug-likeness (QED) is 0.825. The zero-order valence-electron chi connectivity index (χ0n) is 8.90. The molecule has 1 aromatic rings. The normalized spacial score (nSPS) is 16.3. The Bertz CT molecular complexity index is 298. The fourth-order valence-corrected chi connectivity index (χ4v) is 2.24. The molecule has 0 aliphatic carbocycles. The van der Waals surface area contributed by atoms with Gasteiger partial charge in [-0.2, -0.15) is 0 Å². The fourth-order valence-electron chi connectivity index (χ4n) is 1.31. The molecular weight excluding hydrogens is 208 g/mol. The summed E-state index contributed by atoms with van der Waals surface area (Å²) >= 11 is 1.81. The summed E-state index contributed by atoms with van der Waals surface area (Å²) in [5, 5.41) is 4.99. The van der Waals surface area contributed by atoms with Gasteiger partial charge in [0.1, 0.15) is 0 Å². The molecule has 0 radical (unpaired) electrons. The Morgan fingerprint density at radius 1 is 1.53 bits per heavy atom. The zero-order valence-corrected chi connectivity index (χ0v) is 9.72. The molecular formula is C11H16N2OS. The molecule has 2 heterocycles. The molecule has 0 spiro atoms. The van der Waals surface area contributed by atoms with Crippen LogP contribution in [-0.4, -0.2) is 30.0 Å². The molecule has 1 aromatic heterocycles. The van der Waals surface area contributed by atoms with Gasteiger partial charge in [-0.15, -0.1) is 0 Å². The van der Waals surface area contributed by atoms with Gasteiger partial charge in [0.15, 0.2) is 0 Å². The summed E-state index contributed by atoms with van der Waals surface area (Å²) in [5.74, 6) is 0. The highest BCUT2D eigenvalue weighted by Crippen LogP contribution is 2.26. The van der Waals surface area contributed by atoms with Crippen LogP contribution in [0.3, 0.4) is 0 Å². The van der Waals surface area contributed by atoms with Crippen LogP contribution >= 0.6 is 11.8 Å². The summed E-state index contributed by atoms with van der Waals surface area (Å²) in [4.78, 5) is 4.42. The number of nitrogens with one attached hydrogen (secondary N) is 1. The molecule has 1 aliphatic heterocycles. The van der Waals surface area contributed by atoms with Crippen molar-refractivity contribution in [3.05, 3.63) is 23.9 Å². The van der Waals surface area contributed by atoms with Crippen LogP contribution in [-0.2, 0) is 11.3 Å². The third kappa shape index (κ3) is 3.19. The van der Waals surface area contributed by atoms with Crippen molar-refractivity contribution in [2.24, 2.45) is 0 Å². The number of hydrogen-bond acceptors (Lipinski definition) is 4. The Hall–Kier alpha value is -0.580. The Labute approximate surface area is 94.6 Å². The summed E-state index contributed by atoms with van der Waals surface area (Å²) in [5.41, 5.74) is 1.24. The maximum atomic E-state index is 5.13. The zero-order chi connectivity index (χ0) is 10.5. The molecule has 0 amide bonds. The molecule has 1 N–H and O–H groups in total. The summed E-state index contributed by atoms with van der Waals surface area (Å²) < 4.78 is 5.13. The van der Waals surface area contributed by atoms with E-state index >= 15 is 0 Å². The number of nitrogens with zero attached hydrogens (tertiary/aromatic N) is 1. The number of aromatic nitrogens is 1. The lowest BCUT2D eigenvalue weighted by atomic mass is 10.3. The average Bonchev–Trinajstić information content (AvgIpc) is 2.22. The van der Waals surface area contributed by atoms with Crippen molar-refractivity contribution in [2.75, 3.05) is 19.8 Å². The van der Waals surface area contributed by atoms with Gasteiger partial charge >= 0.3 is 0 Å². The number of pyridine rings is 1. The molecule has 0 bridgehead atoms. The Kier molecular flexibility index (Phi) is 4.00. The minimum atomic E-state index is 0.608. The van der Waals surface area contributed by atoms with Crippen LogP contribution in [0.15, 0.2) is 23.4 Å². The van der Waals surface area contributed by atoms with Crippen LogP contribution in [0.4, 0.5) is 0 Å². The van der Waals surface area contributed by atoms with Gasteiger partial charge in [-0.25, -0.2) is 4.98 Å². The summed E-state index contributed by atoms with van der Waals surface area (Å²) in [6, 6.07) is 4.23. The summed E-state index contributed by atoms with van der Waals surface area (Å²) in [6.45, 7) is 5.74. The molecule has 1 fully saturated rings. The first-order valence-corrected chi connectivity index (χ1v) is 6.16. The maximum Gasteiger partial charge on any atom is 0.0964 e. The van der Waals surface area contributed by atoms with E-state index in [4.69, 9.17) is 4.74 Å². The van der Waals surface area contributed by atoms with Crippen molar-refractivity contribution < 1.29 is 4.74 Å². The Morgan fingerprint density at radius 3 is 2.93 bits per heavy atom. The Morgan fingerprint density at radius 2 is 2.40 bits per heavy atom. The van der Waals surface area contributed by atoms with Crippen molar-refractivity contribution in [2.45, 2.75) is 23.7 Å². The highest BCUT2D eigenvalue weighted by Gasteiger charge is 2.19. The molecule has 0 saturated carbocycles. The first-order valence-electron chi connectivity index (χ1n) is 5.28. The van der Waals surface area contributed by atoms with Gasteiger partial charge in [0.25, 0.3) is 0 Å². The van der Waals surface area contributed by atoms with E-state index in [0.29, 0.717) is 5.25 Å². The SMILES string of the molecule is CCNCc1ccc(SC2COC2)nc1. The number of thioether (sulfide) groups is 1. The lowest BCUT2D eigenvalue weighted by Gasteiger charge is -2.24. The van der Waals surface area contributed by atoms with Gasteiger partial charge in [-0.05, 0) is 18.2 Å². The highest BCUT2D eigenvalue weighted by atomic mass is 32.2. The van der Waals surface area contributed by atoms with Crippen LogP contribution in [0.25, 0.3) is 0 Å². The monoisotopic (exact) mass is 224 g/mol. The molecule has 1 aliphatic rings. The van der Waals surface area contributed by atoms with E-state index in [1.165, 1.54) is 5.56 Å². The third-order valence-corrected chi connectivity index (χ3v) is 3.36. The van der Waals surface area contributed by atoms with E-state index in [-0.39, 0.29) is 0 Å². The van der Waals surface area contributed by atoms with Crippen molar-refractivity contribution >= 4 is 11.8 Å². The minimum absolute atomic E-state index is 0.608. The van der Waals surface area contributed by atoms with Crippen LogP contribution < -0.4 is 5.32 Å². The molecule has 4 heteroatoms. The van der Waals surface area contributed by atoms with Gasteiger partial charge in [0.2, 0.25) is 0 Å². The van der Waals surface area contributed by atoms with E-state index in [1.54, 1.807) is 11.8 Å². The first kappa shape index (κ1) is 10.9. The van der Waals surface area contributed by atoms with Crippen LogP contribution in [0.5, 0.6) is 0 Å². The smallest absolute Gasteiger partial charge is 0.0964 e. The number of rotatable bonds is 5. The topological polar surface area (TPSA) is 34.1 Å². The largest absolute Gasteiger partial charge is 0.379 e. The van der Waals surface area contributed by atoms with Crippen molar-refractivity contribution in [1.29, 1.82) is 0 Å². The van der Waals surface area contributed by atoms with E-state index in [1.807, 2.05) is 6.20 Å². The van der Waals surface area contributed by atoms with E-state index < -0.39 is 0 Å². The number of ether oxygens (including phenoxy) is 1. The van der Waals surface area contributed by atoms with Crippen molar-refractivity contribution in [3.63, 3.8) is 0 Å². The van der Waals surface area contributed by atoms with Gasteiger partial charge in [-0.1, -0.05) is 24.8 Å². The average molecular weight is 224 g/mol. The van der Waals surface area contributed by atoms with Gasteiger partial charge in [-0.3, -0.25) is 0 Å². The van der Waals surface area contributed by atoms with Crippen LogP contribution in [0, 0.1) is 0 Å². The van der Waals surface area contributed by atoms with Crippen LogP contribution in [0.1, 0.15) is 12.5 Å². The van der Waals surface area contributed by atoms with E-state index in [0.717, 1.165) is 31.3 Å². The lowest BCUT2D eigenvalue weighted by Crippen LogP contribution is -2.30. The molecule has 0 aromatic carbocycles. The van der Waals surface area contributed by atoms with E-state index in [9.17, 15) is 0 Å². The second-order valence-electron chi connectivity index (χ2n) is 3.56. The first-order chi connectivity index (χ1) is 7.38. The highest BCUT2D eigenvalue weighted by molar-refractivity contribution is 8.00. The van der Waals surface area contributed by atoms with Gasteiger partial charge in [0.05, 0.1) is 23.5 Å². The van der Waals surface area contributed by atoms with Crippen molar-refractivity contribution in [3.8, 4) is 0 Å². The predicted octanol–water partition coefficient (Wildman–Crippen LogP) is 1.68. The minimum Gasteiger partial charge on any atom is -0.379 e. The Balaban J connectivity index is 1.85. The molecule has 0 atom stereocenters. The summed E-state index contributed by atoms with van der Waals surface area (Å²) in [7, 11) is 0. The molecule has 3 nitrogen and oxygen atoms in total. The molecule has 0 unspecified atom stereocenters. The van der Waals surface area contributed by atoms with E-state index in [2.05, 4.69) is 29.4 Å². The van der Waals surface area contributed by atoms with Crippen molar-refractivity contribution in [1.82, 2.24) is 10.3 Å². The second kappa shape index (κ2) is 5.49. The lowest BCUT2D eigenvalue weighted by molar-refractivity contribution is 0.0454. The van der Waals surface area contributed by atoms with Gasteiger partial charge < -0.3 is 10.1 Å². The molecule has 1 saturated heterocycles. The second-order valence-corrected chi connectivity index (χ2v) is 4.88. The summed E-state index contributed by atoms with van der Waals surface area (Å²) in [6.07, 6.45) is 1.95. The third-order valence-electron chi connectivity index (χ3n) is 2.27. The molecule has 15 heavy (non-hydrogen) atoms. The molecule has 82 valence electrons. The fraction of sp³-hybridized carbons (Fsp3) is 0.545. The standard InChI is InChI=1S/C11H16N2OS/c1-2-12-5-9-3-4-11(13-6-9)15-10-7-14-8-10/h3-4,6,10,12H,2,5,7-8H2,1H3.